The van der Waals surface area contributed by atoms with Gasteiger partial charge >= 0.3 is 0 Å². The number of anilines is 1. The molecule has 0 aliphatic carbocycles. The molecule has 1 aromatic heterocycles. The van der Waals surface area contributed by atoms with Gasteiger partial charge in [0.2, 0.25) is 5.91 Å². The molecule has 0 bridgehead atoms. The van der Waals surface area contributed by atoms with Crippen LogP contribution in [0.3, 0.4) is 0 Å². The molecule has 0 spiro atoms. The fourth-order valence-corrected chi connectivity index (χ4v) is 2.47. The third-order valence-corrected chi connectivity index (χ3v) is 4.01. The molecule has 116 valence electrons. The monoisotopic (exact) mass is 292 g/mol. The number of hydrogen-bond acceptors (Lipinski definition) is 5. The number of rotatable bonds is 7. The molecule has 1 aliphatic rings. The van der Waals surface area contributed by atoms with Crippen molar-refractivity contribution in [3.63, 3.8) is 0 Å². The molecule has 3 N–H and O–H groups in total. The maximum atomic E-state index is 11.5. The molecule has 1 aliphatic heterocycles. The van der Waals surface area contributed by atoms with E-state index in [1.807, 2.05) is 19.2 Å². The summed E-state index contributed by atoms with van der Waals surface area (Å²) < 4.78 is 4.98. The molecule has 1 unspecified atom stereocenters. The zero-order valence-electron chi connectivity index (χ0n) is 12.8. The number of carbonyl (C=O) groups is 1. The fraction of sp³-hybridized carbons (Fsp3) is 0.600. The standard InChI is InChI=1S/C15H24N4O2/c1-15(14(16)20)5-7-19(11-15)13-4-3-12(10-18-13)9-17-6-8-21-2/h3-4,10,17H,5-9,11H2,1-2H3,(H2,16,20). The summed E-state index contributed by atoms with van der Waals surface area (Å²) in [6.07, 6.45) is 2.65. The number of nitrogens with zero attached hydrogens (tertiary/aromatic N) is 2. The summed E-state index contributed by atoms with van der Waals surface area (Å²) in [5.41, 5.74) is 6.16. The molecule has 0 radical (unpaired) electrons. The Labute approximate surface area is 125 Å². The average Bonchev–Trinajstić information content (AvgIpc) is 2.88. The van der Waals surface area contributed by atoms with E-state index >= 15 is 0 Å². The van der Waals surface area contributed by atoms with Crippen molar-refractivity contribution in [3.8, 4) is 0 Å². The van der Waals surface area contributed by atoms with Gasteiger partial charge in [0.05, 0.1) is 12.0 Å². The fourth-order valence-electron chi connectivity index (χ4n) is 2.47. The number of nitrogens with one attached hydrogen (secondary N) is 1. The summed E-state index contributed by atoms with van der Waals surface area (Å²) in [4.78, 5) is 18.1. The van der Waals surface area contributed by atoms with Crippen molar-refractivity contribution in [1.29, 1.82) is 0 Å². The molecule has 2 heterocycles. The van der Waals surface area contributed by atoms with Crippen LogP contribution < -0.4 is 16.0 Å². The Balaban J connectivity index is 1.89. The van der Waals surface area contributed by atoms with Crippen LogP contribution in [0.15, 0.2) is 18.3 Å². The average molecular weight is 292 g/mol. The van der Waals surface area contributed by atoms with Crippen molar-refractivity contribution in [3.05, 3.63) is 23.9 Å². The SMILES string of the molecule is COCCNCc1ccc(N2CCC(C)(C(N)=O)C2)nc1. The molecule has 0 saturated carbocycles. The van der Waals surface area contributed by atoms with Crippen LogP contribution in [0.25, 0.3) is 0 Å². The number of hydrogen-bond donors (Lipinski definition) is 2. The Bertz CT molecular complexity index is 477. The largest absolute Gasteiger partial charge is 0.383 e. The zero-order valence-corrected chi connectivity index (χ0v) is 12.8. The van der Waals surface area contributed by atoms with Gasteiger partial charge in [0.1, 0.15) is 5.82 Å². The lowest BCUT2D eigenvalue weighted by Crippen LogP contribution is -2.37. The molecule has 2 rings (SSSR count). The second-order valence-corrected chi connectivity index (χ2v) is 5.79. The molecular formula is C15H24N4O2. The van der Waals surface area contributed by atoms with Gasteiger partial charge in [-0.05, 0) is 25.0 Å². The van der Waals surface area contributed by atoms with Gasteiger partial charge in [-0.25, -0.2) is 4.98 Å². The minimum atomic E-state index is -0.442. The molecule has 1 amide bonds. The van der Waals surface area contributed by atoms with Crippen LogP contribution in [0, 0.1) is 5.41 Å². The van der Waals surface area contributed by atoms with E-state index in [1.54, 1.807) is 7.11 Å². The summed E-state index contributed by atoms with van der Waals surface area (Å²) in [6.45, 7) is 5.67. The number of pyridine rings is 1. The highest BCUT2D eigenvalue weighted by atomic mass is 16.5. The summed E-state index contributed by atoms with van der Waals surface area (Å²) in [5.74, 6) is 0.671. The van der Waals surface area contributed by atoms with Crippen LogP contribution in [0.2, 0.25) is 0 Å². The molecule has 1 saturated heterocycles. The van der Waals surface area contributed by atoms with E-state index in [1.165, 1.54) is 0 Å². The number of ether oxygens (including phenoxy) is 1. The van der Waals surface area contributed by atoms with Crippen LogP contribution in [-0.2, 0) is 16.1 Å². The lowest BCUT2D eigenvalue weighted by atomic mass is 9.89. The second-order valence-electron chi connectivity index (χ2n) is 5.79. The van der Waals surface area contributed by atoms with E-state index in [4.69, 9.17) is 10.5 Å². The molecule has 0 aromatic carbocycles. The summed E-state index contributed by atoms with van der Waals surface area (Å²) in [7, 11) is 1.69. The van der Waals surface area contributed by atoms with E-state index in [0.717, 1.165) is 37.4 Å². The van der Waals surface area contributed by atoms with Crippen molar-refractivity contribution in [2.45, 2.75) is 19.9 Å². The maximum Gasteiger partial charge on any atom is 0.225 e. The predicted octanol–water partition coefficient (Wildman–Crippen LogP) is 0.519. The van der Waals surface area contributed by atoms with Crippen molar-refractivity contribution in [2.75, 3.05) is 38.3 Å². The smallest absolute Gasteiger partial charge is 0.225 e. The van der Waals surface area contributed by atoms with E-state index in [9.17, 15) is 4.79 Å². The van der Waals surface area contributed by atoms with E-state index < -0.39 is 5.41 Å². The number of nitrogens with two attached hydrogens (primary N) is 1. The third-order valence-electron chi connectivity index (χ3n) is 4.01. The third kappa shape index (κ3) is 3.92. The maximum absolute atomic E-state index is 11.5. The highest BCUT2D eigenvalue weighted by molar-refractivity contribution is 5.82. The quantitative estimate of drug-likeness (QED) is 0.716. The summed E-state index contributed by atoms with van der Waals surface area (Å²) >= 11 is 0. The van der Waals surface area contributed by atoms with Gasteiger partial charge in [0.15, 0.2) is 0 Å². The van der Waals surface area contributed by atoms with Gasteiger partial charge in [-0.1, -0.05) is 6.07 Å². The van der Waals surface area contributed by atoms with E-state index in [-0.39, 0.29) is 5.91 Å². The highest BCUT2D eigenvalue weighted by Gasteiger charge is 2.39. The normalized spacial score (nSPS) is 21.7. The van der Waals surface area contributed by atoms with Gasteiger partial charge in [-0.2, -0.15) is 0 Å². The Hall–Kier alpha value is -1.66. The van der Waals surface area contributed by atoms with Gasteiger partial charge in [0.25, 0.3) is 0 Å². The Kier molecular flexibility index (Phi) is 5.14. The second kappa shape index (κ2) is 6.87. The highest BCUT2D eigenvalue weighted by Crippen LogP contribution is 2.31. The first-order chi connectivity index (χ1) is 10.0. The predicted molar refractivity (Wildman–Crippen MR) is 82.0 cm³/mol. The van der Waals surface area contributed by atoms with Crippen LogP contribution >= 0.6 is 0 Å². The number of amides is 1. The Morgan fingerprint density at radius 2 is 2.38 bits per heavy atom. The first kappa shape index (κ1) is 15.7. The molecule has 1 fully saturated rings. The lowest BCUT2D eigenvalue weighted by Gasteiger charge is -2.21. The molecule has 21 heavy (non-hydrogen) atoms. The topological polar surface area (TPSA) is 80.5 Å². The summed E-state index contributed by atoms with van der Waals surface area (Å²) in [5, 5.41) is 3.28. The Morgan fingerprint density at radius 1 is 1.57 bits per heavy atom. The van der Waals surface area contributed by atoms with Crippen LogP contribution in [0.1, 0.15) is 18.9 Å². The molecule has 1 atom stereocenters. The van der Waals surface area contributed by atoms with Crippen LogP contribution in [0.4, 0.5) is 5.82 Å². The first-order valence-electron chi connectivity index (χ1n) is 7.24. The van der Waals surface area contributed by atoms with Gasteiger partial charge in [-0.15, -0.1) is 0 Å². The first-order valence-corrected chi connectivity index (χ1v) is 7.24. The molecular weight excluding hydrogens is 268 g/mol. The minimum absolute atomic E-state index is 0.232. The molecule has 6 heteroatoms. The number of carbonyl (C=O) groups excluding carboxylic acids is 1. The lowest BCUT2D eigenvalue weighted by molar-refractivity contribution is -0.125. The van der Waals surface area contributed by atoms with E-state index in [2.05, 4.69) is 21.3 Å². The minimum Gasteiger partial charge on any atom is -0.383 e. The number of primary amides is 1. The van der Waals surface area contributed by atoms with Crippen molar-refractivity contribution in [1.82, 2.24) is 10.3 Å². The van der Waals surface area contributed by atoms with Gasteiger partial charge in [0, 0.05) is 39.5 Å². The summed E-state index contributed by atoms with van der Waals surface area (Å²) in [6, 6.07) is 4.06. The number of aromatic nitrogens is 1. The van der Waals surface area contributed by atoms with Gasteiger partial charge in [-0.3, -0.25) is 4.79 Å². The van der Waals surface area contributed by atoms with Crippen LogP contribution in [0.5, 0.6) is 0 Å². The molecule has 1 aromatic rings. The van der Waals surface area contributed by atoms with Crippen molar-refractivity contribution in [2.24, 2.45) is 11.1 Å². The van der Waals surface area contributed by atoms with Crippen molar-refractivity contribution < 1.29 is 9.53 Å². The van der Waals surface area contributed by atoms with E-state index in [0.29, 0.717) is 13.2 Å². The van der Waals surface area contributed by atoms with Crippen molar-refractivity contribution >= 4 is 11.7 Å². The zero-order chi connectivity index (χ0) is 15.3. The van der Waals surface area contributed by atoms with Crippen LogP contribution in [-0.4, -0.2) is 44.2 Å². The Morgan fingerprint density at radius 3 is 2.95 bits per heavy atom. The number of methoxy groups -OCH3 is 1. The van der Waals surface area contributed by atoms with Gasteiger partial charge < -0.3 is 20.7 Å². The molecule has 6 nitrogen and oxygen atoms in total.